The van der Waals surface area contributed by atoms with E-state index < -0.39 is 7.60 Å². The minimum Gasteiger partial charge on any atom is -0.372 e. The normalized spacial score (nSPS) is 27.8. The molecule has 0 radical (unpaired) electrons. The molecule has 2 saturated heterocycles. The predicted octanol–water partition coefficient (Wildman–Crippen LogP) is 2.21. The van der Waals surface area contributed by atoms with Gasteiger partial charge in [0.05, 0.1) is 38.7 Å². The van der Waals surface area contributed by atoms with Crippen LogP contribution in [-0.4, -0.2) is 38.2 Å². The number of hydrogen-bond acceptors (Lipinski definition) is 5. The summed E-state index contributed by atoms with van der Waals surface area (Å²) in [7, 11) is -3.10. The zero-order valence-electron chi connectivity index (χ0n) is 10.6. The van der Waals surface area contributed by atoms with E-state index in [-0.39, 0.29) is 18.8 Å². The third kappa shape index (κ3) is 4.41. The summed E-state index contributed by atoms with van der Waals surface area (Å²) in [4.78, 5) is 0. The van der Waals surface area contributed by atoms with E-state index in [2.05, 4.69) is 0 Å². The van der Waals surface area contributed by atoms with Crippen LogP contribution in [-0.2, 0) is 29.7 Å². The fraction of sp³-hybridized carbons (Fsp3) is 0.538. The molecule has 3 unspecified atom stereocenters. The molecule has 2 heterocycles. The van der Waals surface area contributed by atoms with Crippen LogP contribution in [0.4, 0.5) is 0 Å². The highest BCUT2D eigenvalue weighted by atomic mass is 31.2. The first kappa shape index (κ1) is 13.3. The van der Waals surface area contributed by atoms with E-state index in [4.69, 9.17) is 18.5 Å². The number of ether oxygens (including phenoxy) is 2. The highest BCUT2D eigenvalue weighted by Gasteiger charge is 2.37. The van der Waals surface area contributed by atoms with E-state index in [0.29, 0.717) is 26.0 Å². The molecule has 2 fully saturated rings. The van der Waals surface area contributed by atoms with Crippen molar-refractivity contribution in [1.82, 2.24) is 0 Å². The van der Waals surface area contributed by atoms with Crippen LogP contribution in [0.15, 0.2) is 30.3 Å². The molecule has 3 rings (SSSR count). The van der Waals surface area contributed by atoms with Gasteiger partial charge in [0.25, 0.3) is 0 Å². The number of rotatable bonds is 8. The van der Waals surface area contributed by atoms with Crippen LogP contribution in [0, 0.1) is 0 Å². The van der Waals surface area contributed by atoms with Gasteiger partial charge in [-0.2, -0.15) is 0 Å². The van der Waals surface area contributed by atoms with E-state index in [9.17, 15) is 4.57 Å². The monoisotopic (exact) mass is 284 g/mol. The lowest BCUT2D eigenvalue weighted by Crippen LogP contribution is -2.08. The Labute approximate surface area is 112 Å². The van der Waals surface area contributed by atoms with Gasteiger partial charge in [0.1, 0.15) is 6.10 Å². The van der Waals surface area contributed by atoms with Gasteiger partial charge in [0.2, 0.25) is 0 Å². The molecule has 6 heteroatoms. The summed E-state index contributed by atoms with van der Waals surface area (Å²) in [5.41, 5.74) is 0.978. The minimum absolute atomic E-state index is 0.0155. The summed E-state index contributed by atoms with van der Waals surface area (Å²) < 4.78 is 33.8. The molecule has 0 saturated carbocycles. The number of epoxide rings is 2. The topological polar surface area (TPSA) is 60.6 Å². The lowest BCUT2D eigenvalue weighted by molar-refractivity contribution is 0.181. The zero-order valence-corrected chi connectivity index (χ0v) is 11.5. The Morgan fingerprint density at radius 3 is 2.42 bits per heavy atom. The lowest BCUT2D eigenvalue weighted by Gasteiger charge is -2.17. The smallest absolute Gasteiger partial charge is 0.333 e. The van der Waals surface area contributed by atoms with Crippen molar-refractivity contribution in [2.24, 2.45) is 0 Å². The standard InChI is InChI=1S/C13H17O5P/c14-19(10-13-8-16-13,18-9-12-7-15-12)17-6-11-4-2-1-3-5-11/h1-5,12-13H,6-10H2. The summed E-state index contributed by atoms with van der Waals surface area (Å²) in [6.07, 6.45) is 0.419. The van der Waals surface area contributed by atoms with Crippen LogP contribution in [0.25, 0.3) is 0 Å². The molecule has 0 N–H and O–H groups in total. The molecule has 2 aliphatic heterocycles. The molecule has 1 aromatic carbocycles. The maximum Gasteiger partial charge on any atom is 0.333 e. The van der Waals surface area contributed by atoms with Gasteiger partial charge in [0.15, 0.2) is 0 Å². The van der Waals surface area contributed by atoms with Crippen molar-refractivity contribution in [3.8, 4) is 0 Å². The first-order valence-electron chi connectivity index (χ1n) is 6.39. The van der Waals surface area contributed by atoms with Gasteiger partial charge < -0.3 is 18.5 Å². The third-order valence-electron chi connectivity index (χ3n) is 2.96. The van der Waals surface area contributed by atoms with Crippen molar-refractivity contribution in [2.75, 3.05) is 26.0 Å². The molecule has 19 heavy (non-hydrogen) atoms. The average Bonchev–Trinajstić information content (AvgIpc) is 3.30. The van der Waals surface area contributed by atoms with Gasteiger partial charge in [-0.3, -0.25) is 4.57 Å². The molecule has 0 bridgehead atoms. The Morgan fingerprint density at radius 1 is 1.11 bits per heavy atom. The largest absolute Gasteiger partial charge is 0.372 e. The van der Waals surface area contributed by atoms with Gasteiger partial charge in [-0.25, -0.2) is 0 Å². The highest BCUT2D eigenvalue weighted by molar-refractivity contribution is 7.53. The van der Waals surface area contributed by atoms with Gasteiger partial charge >= 0.3 is 7.60 Å². The molecule has 2 aliphatic rings. The summed E-state index contributed by atoms with van der Waals surface area (Å²) in [5.74, 6) is 0. The molecule has 0 aromatic heterocycles. The average molecular weight is 284 g/mol. The van der Waals surface area contributed by atoms with E-state index in [1.54, 1.807) is 0 Å². The van der Waals surface area contributed by atoms with Gasteiger partial charge in [-0.05, 0) is 5.56 Å². The molecular formula is C13H17O5P. The van der Waals surface area contributed by atoms with Crippen molar-refractivity contribution in [1.29, 1.82) is 0 Å². The van der Waals surface area contributed by atoms with Gasteiger partial charge in [-0.1, -0.05) is 30.3 Å². The van der Waals surface area contributed by atoms with Crippen LogP contribution in [0.3, 0.4) is 0 Å². The number of benzene rings is 1. The molecule has 0 aliphatic carbocycles. The maximum atomic E-state index is 12.6. The second-order valence-corrected chi connectivity index (χ2v) is 6.86. The third-order valence-corrected chi connectivity index (χ3v) is 4.88. The highest BCUT2D eigenvalue weighted by Crippen LogP contribution is 2.51. The van der Waals surface area contributed by atoms with Gasteiger partial charge in [-0.15, -0.1) is 0 Å². The number of hydrogen-bond donors (Lipinski definition) is 0. The van der Waals surface area contributed by atoms with Crippen molar-refractivity contribution in [2.45, 2.75) is 18.8 Å². The summed E-state index contributed by atoms with van der Waals surface area (Å²) >= 11 is 0. The Morgan fingerprint density at radius 2 is 1.79 bits per heavy atom. The van der Waals surface area contributed by atoms with E-state index in [0.717, 1.165) is 5.56 Å². The molecule has 0 spiro atoms. The lowest BCUT2D eigenvalue weighted by atomic mass is 10.2. The summed E-state index contributed by atoms with van der Waals surface area (Å²) in [5, 5.41) is 0. The van der Waals surface area contributed by atoms with E-state index in [1.165, 1.54) is 0 Å². The Bertz CT molecular complexity index is 455. The summed E-state index contributed by atoms with van der Waals surface area (Å²) in [6.45, 7) is 1.94. The van der Waals surface area contributed by atoms with Crippen molar-refractivity contribution < 1.29 is 23.1 Å². The molecular weight excluding hydrogens is 267 g/mol. The van der Waals surface area contributed by atoms with Gasteiger partial charge in [0, 0.05) is 0 Å². The molecule has 1 aromatic rings. The molecule has 0 amide bonds. The Balaban J connectivity index is 1.55. The second-order valence-electron chi connectivity index (χ2n) is 4.76. The Hall–Kier alpha value is -0.710. The second kappa shape index (κ2) is 5.73. The Kier molecular flexibility index (Phi) is 4.01. The van der Waals surface area contributed by atoms with Crippen LogP contribution in [0.1, 0.15) is 5.56 Å². The predicted molar refractivity (Wildman–Crippen MR) is 69.1 cm³/mol. The van der Waals surface area contributed by atoms with E-state index in [1.807, 2.05) is 30.3 Å². The van der Waals surface area contributed by atoms with Crippen molar-refractivity contribution >= 4 is 7.60 Å². The van der Waals surface area contributed by atoms with Crippen LogP contribution in [0.5, 0.6) is 0 Å². The summed E-state index contributed by atoms with van der Waals surface area (Å²) in [6, 6.07) is 9.64. The SMILES string of the molecule is O=P(CC1CO1)(OCc1ccccc1)OCC1CO1. The fourth-order valence-electron chi connectivity index (χ4n) is 1.67. The van der Waals surface area contributed by atoms with Crippen molar-refractivity contribution in [3.63, 3.8) is 0 Å². The van der Waals surface area contributed by atoms with E-state index >= 15 is 0 Å². The van der Waals surface area contributed by atoms with Crippen LogP contribution in [0.2, 0.25) is 0 Å². The first-order valence-corrected chi connectivity index (χ1v) is 8.12. The quantitative estimate of drug-likeness (QED) is 0.541. The zero-order chi connectivity index (χ0) is 13.1. The maximum absolute atomic E-state index is 12.6. The first-order chi connectivity index (χ1) is 9.23. The molecule has 5 nitrogen and oxygen atoms in total. The van der Waals surface area contributed by atoms with Crippen LogP contribution >= 0.6 is 7.60 Å². The molecule has 104 valence electrons. The minimum atomic E-state index is -3.10. The fourth-order valence-corrected chi connectivity index (χ4v) is 3.41. The van der Waals surface area contributed by atoms with Crippen molar-refractivity contribution in [3.05, 3.63) is 35.9 Å². The van der Waals surface area contributed by atoms with Crippen LogP contribution < -0.4 is 0 Å². The molecule has 3 atom stereocenters.